The van der Waals surface area contributed by atoms with Crippen LogP contribution in [0.2, 0.25) is 5.02 Å². The fourth-order valence-corrected chi connectivity index (χ4v) is 9.10. The molecule has 5 nitrogen and oxygen atoms in total. The summed E-state index contributed by atoms with van der Waals surface area (Å²) in [7, 11) is 1.37. The van der Waals surface area contributed by atoms with Gasteiger partial charge in [0.05, 0.1) is 36.9 Å². The van der Waals surface area contributed by atoms with E-state index in [1.54, 1.807) is 7.11 Å². The van der Waals surface area contributed by atoms with E-state index in [9.17, 15) is 0 Å². The molecule has 2 unspecified atom stereocenters. The smallest absolute Gasteiger partial charge is 0.478 e. The van der Waals surface area contributed by atoms with Crippen LogP contribution in [0.15, 0.2) is 72.8 Å². The lowest BCUT2D eigenvalue weighted by Crippen LogP contribution is -2.65. The van der Waals surface area contributed by atoms with Crippen LogP contribution in [0.5, 0.6) is 5.75 Å². The molecule has 7 heteroatoms. The summed E-state index contributed by atoms with van der Waals surface area (Å²) in [5.74, 6) is 2.44. The van der Waals surface area contributed by atoms with Crippen LogP contribution in [0.25, 0.3) is 11.1 Å². The van der Waals surface area contributed by atoms with Crippen molar-refractivity contribution in [2.24, 2.45) is 23.2 Å². The van der Waals surface area contributed by atoms with Crippen molar-refractivity contribution in [2.45, 2.75) is 96.5 Å². The Balaban J connectivity index is 1.24. The molecule has 238 valence electrons. The van der Waals surface area contributed by atoms with E-state index in [0.29, 0.717) is 28.2 Å². The van der Waals surface area contributed by atoms with Crippen LogP contribution in [0.3, 0.4) is 0 Å². The van der Waals surface area contributed by atoms with Crippen molar-refractivity contribution < 1.29 is 18.9 Å². The molecule has 45 heavy (non-hydrogen) atoms. The Kier molecular flexibility index (Phi) is 8.36. The Morgan fingerprint density at radius 3 is 2.51 bits per heavy atom. The standard InChI is InChI=1S/C38H47BClNO4/c1-24(2)17-36(39-43-35-21-28-20-34(37(28,3)4)38(35,5)45-39)41-32(23-30(44-41)18-25-11-8-7-9-12-25)27-14-10-13-26(19-27)31-22-29(40)15-16-33(31)42-6/h7-16,19,22,24,28,30,32,34-36H,17-18,20-21,23H2,1-6H3/t28-,30?,32?,34-,35+,36-,38-/m0/s1. The molecule has 3 saturated carbocycles. The van der Waals surface area contributed by atoms with Gasteiger partial charge < -0.3 is 14.0 Å². The lowest BCUT2D eigenvalue weighted by Gasteiger charge is -2.64. The maximum Gasteiger partial charge on any atom is 0.478 e. The molecule has 2 saturated heterocycles. The highest BCUT2D eigenvalue weighted by Gasteiger charge is 2.69. The van der Waals surface area contributed by atoms with Crippen molar-refractivity contribution in [3.05, 3.63) is 88.9 Å². The van der Waals surface area contributed by atoms with Gasteiger partial charge in [-0.2, -0.15) is 5.06 Å². The van der Waals surface area contributed by atoms with Gasteiger partial charge in [0.1, 0.15) is 5.75 Å². The summed E-state index contributed by atoms with van der Waals surface area (Å²) in [6.07, 6.45) is 5.15. The van der Waals surface area contributed by atoms with E-state index >= 15 is 0 Å². The van der Waals surface area contributed by atoms with Crippen LogP contribution >= 0.6 is 11.6 Å². The van der Waals surface area contributed by atoms with E-state index in [2.05, 4.69) is 94.3 Å². The van der Waals surface area contributed by atoms with Gasteiger partial charge in [0.25, 0.3) is 0 Å². The average molecular weight is 628 g/mol. The van der Waals surface area contributed by atoms with Gasteiger partial charge in [-0.05, 0) is 96.7 Å². The molecule has 3 aromatic carbocycles. The summed E-state index contributed by atoms with van der Waals surface area (Å²) >= 11 is 6.45. The third-order valence-electron chi connectivity index (χ3n) is 11.4. The number of hydrogen-bond donors (Lipinski definition) is 0. The third-order valence-corrected chi connectivity index (χ3v) is 11.7. The van der Waals surface area contributed by atoms with Crippen LogP contribution < -0.4 is 4.74 Å². The van der Waals surface area contributed by atoms with Crippen LogP contribution in [-0.2, 0) is 20.6 Å². The van der Waals surface area contributed by atoms with E-state index in [1.807, 2.05) is 18.2 Å². The molecule has 0 spiro atoms. The number of nitrogens with zero attached hydrogens (tertiary/aromatic N) is 1. The fourth-order valence-electron chi connectivity index (χ4n) is 8.93. The lowest BCUT2D eigenvalue weighted by molar-refractivity contribution is -0.200. The highest BCUT2D eigenvalue weighted by Crippen LogP contribution is 2.66. The van der Waals surface area contributed by atoms with Crippen LogP contribution in [-0.4, -0.2) is 43.0 Å². The van der Waals surface area contributed by atoms with E-state index < -0.39 is 0 Å². The van der Waals surface area contributed by atoms with Crippen molar-refractivity contribution in [1.82, 2.24) is 5.06 Å². The number of methoxy groups -OCH3 is 1. The molecule has 0 aromatic heterocycles. The summed E-state index contributed by atoms with van der Waals surface area (Å²) in [4.78, 5) is 7.01. The van der Waals surface area contributed by atoms with Gasteiger partial charge in [0.2, 0.25) is 0 Å². The van der Waals surface area contributed by atoms with Gasteiger partial charge in [-0.25, -0.2) is 0 Å². The first-order valence-electron chi connectivity index (χ1n) is 16.8. The molecule has 7 atom stereocenters. The van der Waals surface area contributed by atoms with Crippen molar-refractivity contribution in [3.8, 4) is 16.9 Å². The highest BCUT2D eigenvalue weighted by molar-refractivity contribution is 6.47. The first-order chi connectivity index (χ1) is 21.6. The third kappa shape index (κ3) is 5.65. The number of rotatable bonds is 9. The number of halogens is 1. The maximum absolute atomic E-state index is 7.11. The Labute approximate surface area is 274 Å². The van der Waals surface area contributed by atoms with E-state index in [-0.39, 0.29) is 36.9 Å². The zero-order valence-corrected chi connectivity index (χ0v) is 28.3. The molecular formula is C38H47BClNO4. The topological polar surface area (TPSA) is 40.2 Å². The second-order valence-corrected chi connectivity index (χ2v) is 15.5. The monoisotopic (exact) mass is 627 g/mol. The van der Waals surface area contributed by atoms with Crippen molar-refractivity contribution in [1.29, 1.82) is 0 Å². The van der Waals surface area contributed by atoms with E-state index in [0.717, 1.165) is 42.6 Å². The van der Waals surface area contributed by atoms with Gasteiger partial charge in [0.15, 0.2) is 0 Å². The quantitative estimate of drug-likeness (QED) is 0.222. The lowest BCUT2D eigenvalue weighted by atomic mass is 9.43. The largest absolute Gasteiger partial charge is 0.496 e. The zero-order chi connectivity index (χ0) is 31.5. The van der Waals surface area contributed by atoms with Crippen molar-refractivity contribution in [3.63, 3.8) is 0 Å². The summed E-state index contributed by atoms with van der Waals surface area (Å²) in [5.41, 5.74) is 4.59. The van der Waals surface area contributed by atoms with Gasteiger partial charge in [-0.3, -0.25) is 4.84 Å². The van der Waals surface area contributed by atoms with Gasteiger partial charge in [0, 0.05) is 17.0 Å². The van der Waals surface area contributed by atoms with Gasteiger partial charge >= 0.3 is 7.12 Å². The molecule has 2 bridgehead atoms. The first kappa shape index (κ1) is 31.3. The molecule has 5 fully saturated rings. The minimum absolute atomic E-state index is 0.0390. The molecular weight excluding hydrogens is 581 g/mol. The van der Waals surface area contributed by atoms with E-state index in [1.165, 1.54) is 17.5 Å². The van der Waals surface area contributed by atoms with Crippen LogP contribution in [0.4, 0.5) is 0 Å². The Morgan fingerprint density at radius 1 is 0.978 bits per heavy atom. The second-order valence-electron chi connectivity index (χ2n) is 15.0. The van der Waals surface area contributed by atoms with Gasteiger partial charge in [-0.15, -0.1) is 0 Å². The van der Waals surface area contributed by atoms with Crippen molar-refractivity contribution in [2.75, 3.05) is 7.11 Å². The fraction of sp³-hybridized carbons (Fsp3) is 0.526. The molecule has 8 rings (SSSR count). The number of hydroxylamine groups is 2. The molecule has 2 aliphatic heterocycles. The summed E-state index contributed by atoms with van der Waals surface area (Å²) in [6, 6.07) is 25.3. The summed E-state index contributed by atoms with van der Waals surface area (Å²) in [5, 5.41) is 2.96. The first-order valence-corrected chi connectivity index (χ1v) is 17.2. The summed E-state index contributed by atoms with van der Waals surface area (Å²) < 4.78 is 19.8. The predicted molar refractivity (Wildman–Crippen MR) is 181 cm³/mol. The normalized spacial score (nSPS) is 31.1. The Hall–Kier alpha value is -2.35. The predicted octanol–water partition coefficient (Wildman–Crippen LogP) is 8.99. The molecule has 3 aliphatic carbocycles. The molecule has 2 heterocycles. The zero-order valence-electron chi connectivity index (χ0n) is 27.5. The molecule has 0 amide bonds. The number of hydrogen-bond acceptors (Lipinski definition) is 5. The Bertz CT molecular complexity index is 1520. The maximum atomic E-state index is 7.11. The minimum atomic E-state index is -0.341. The minimum Gasteiger partial charge on any atom is -0.496 e. The van der Waals surface area contributed by atoms with Gasteiger partial charge in [-0.1, -0.05) is 87.8 Å². The summed E-state index contributed by atoms with van der Waals surface area (Å²) in [6.45, 7) is 11.7. The van der Waals surface area contributed by atoms with Crippen LogP contribution in [0.1, 0.15) is 77.5 Å². The van der Waals surface area contributed by atoms with Crippen molar-refractivity contribution >= 4 is 18.7 Å². The molecule has 3 aromatic rings. The number of benzene rings is 3. The molecule has 5 aliphatic rings. The highest BCUT2D eigenvalue weighted by atomic mass is 35.5. The average Bonchev–Trinajstić information content (AvgIpc) is 3.60. The number of ether oxygens (including phenoxy) is 1. The SMILES string of the molecule is COc1ccc(Cl)cc1-c1cccc(C2CC(Cc3ccccc3)ON2[C@@H](CC(C)C)B2O[C@@H]3C[C@@H]4C[C@@H](C4(C)C)[C@]3(C)O2)c1. The molecule has 0 N–H and O–H groups in total. The Morgan fingerprint density at radius 2 is 1.78 bits per heavy atom. The second kappa shape index (κ2) is 12.0. The molecule has 0 radical (unpaired) electrons. The van der Waals surface area contributed by atoms with Crippen LogP contribution in [0, 0.1) is 23.2 Å². The van der Waals surface area contributed by atoms with E-state index in [4.69, 9.17) is 30.5 Å².